The Balaban J connectivity index is 2.23. The zero-order chi connectivity index (χ0) is 11.5. The Hall–Kier alpha value is -1.95. The van der Waals surface area contributed by atoms with E-state index in [0.717, 1.165) is 4.88 Å². The summed E-state index contributed by atoms with van der Waals surface area (Å²) in [7, 11) is 0. The molecule has 0 saturated carbocycles. The first kappa shape index (κ1) is 10.6. The predicted molar refractivity (Wildman–Crippen MR) is 66.3 cm³/mol. The molecule has 0 bridgehead atoms. The van der Waals surface area contributed by atoms with Crippen molar-refractivity contribution in [2.24, 2.45) is 10.2 Å². The number of thiazole rings is 1. The number of nitrogens with two attached hydrogens (primary N) is 2. The van der Waals surface area contributed by atoms with E-state index in [9.17, 15) is 0 Å². The van der Waals surface area contributed by atoms with Crippen LogP contribution < -0.4 is 11.5 Å². The molecule has 16 heavy (non-hydrogen) atoms. The zero-order valence-electron chi connectivity index (χ0n) is 8.71. The quantitative estimate of drug-likeness (QED) is 0.617. The Labute approximate surface area is 96.8 Å². The Bertz CT molecular complexity index is 532. The summed E-state index contributed by atoms with van der Waals surface area (Å²) in [6.45, 7) is 1.97. The van der Waals surface area contributed by atoms with Crippen molar-refractivity contribution in [1.29, 1.82) is 0 Å². The van der Waals surface area contributed by atoms with Crippen LogP contribution in [0.5, 0.6) is 0 Å². The monoisotopic (exact) mass is 233 g/mol. The molecule has 1 heterocycles. The van der Waals surface area contributed by atoms with Crippen LogP contribution >= 0.6 is 11.3 Å². The molecule has 0 radical (unpaired) electrons. The lowest BCUT2D eigenvalue weighted by atomic mass is 10.2. The third kappa shape index (κ3) is 2.34. The molecule has 0 saturated heterocycles. The first-order valence-electron chi connectivity index (χ1n) is 4.64. The highest BCUT2D eigenvalue weighted by Gasteiger charge is 1.99. The van der Waals surface area contributed by atoms with E-state index >= 15 is 0 Å². The number of nitrogens with zero attached hydrogens (tertiary/aromatic N) is 3. The summed E-state index contributed by atoms with van der Waals surface area (Å²) < 4.78 is 0. The van der Waals surface area contributed by atoms with Gasteiger partial charge in [0.05, 0.1) is 5.69 Å². The van der Waals surface area contributed by atoms with Gasteiger partial charge in [0.25, 0.3) is 0 Å². The normalized spacial score (nSPS) is 11.1. The second-order valence-corrected chi connectivity index (χ2v) is 4.48. The smallest absolute Gasteiger partial charge is 0.230 e. The van der Waals surface area contributed by atoms with Gasteiger partial charge in [-0.25, -0.2) is 4.98 Å². The minimum atomic E-state index is 0.511. The molecule has 0 atom stereocenters. The Morgan fingerprint density at radius 1 is 1.25 bits per heavy atom. The topological polar surface area (TPSA) is 89.6 Å². The van der Waals surface area contributed by atoms with Crippen LogP contribution in [-0.4, -0.2) is 4.98 Å². The average Bonchev–Trinajstić information content (AvgIpc) is 2.63. The molecule has 0 amide bonds. The number of benzene rings is 1. The van der Waals surface area contributed by atoms with E-state index in [0.29, 0.717) is 22.2 Å². The summed E-state index contributed by atoms with van der Waals surface area (Å²) in [6.07, 6.45) is 1.76. The molecule has 1 aromatic carbocycles. The average molecular weight is 233 g/mol. The molecule has 0 aliphatic heterocycles. The number of hydrogen-bond donors (Lipinski definition) is 2. The van der Waals surface area contributed by atoms with Crippen LogP contribution in [0.1, 0.15) is 4.88 Å². The molecule has 82 valence electrons. The third-order valence-corrected chi connectivity index (χ3v) is 2.70. The number of azo groups is 1. The lowest BCUT2D eigenvalue weighted by molar-refractivity contribution is 1.20. The molecule has 4 N–H and O–H groups in total. The Morgan fingerprint density at radius 2 is 2.06 bits per heavy atom. The van der Waals surface area contributed by atoms with Crippen LogP contribution in [0.3, 0.4) is 0 Å². The maximum Gasteiger partial charge on any atom is 0.230 e. The number of rotatable bonds is 2. The van der Waals surface area contributed by atoms with Gasteiger partial charge >= 0.3 is 0 Å². The molecular weight excluding hydrogens is 222 g/mol. The summed E-state index contributed by atoms with van der Waals surface area (Å²) in [4.78, 5) is 5.17. The van der Waals surface area contributed by atoms with Crippen LogP contribution in [0.25, 0.3) is 0 Å². The second-order valence-electron chi connectivity index (χ2n) is 3.27. The van der Waals surface area contributed by atoms with E-state index in [4.69, 9.17) is 11.5 Å². The van der Waals surface area contributed by atoms with E-state index in [1.807, 2.05) is 6.92 Å². The molecule has 0 spiro atoms. The van der Waals surface area contributed by atoms with E-state index in [2.05, 4.69) is 15.2 Å². The first-order chi connectivity index (χ1) is 7.65. The third-order valence-electron chi connectivity index (χ3n) is 1.90. The van der Waals surface area contributed by atoms with Crippen molar-refractivity contribution < 1.29 is 0 Å². The highest BCUT2D eigenvalue weighted by atomic mass is 32.1. The molecule has 2 rings (SSSR count). The van der Waals surface area contributed by atoms with Crippen molar-refractivity contribution in [3.8, 4) is 0 Å². The molecule has 0 aliphatic carbocycles. The van der Waals surface area contributed by atoms with Crippen LogP contribution in [0.4, 0.5) is 22.2 Å². The van der Waals surface area contributed by atoms with Crippen molar-refractivity contribution in [2.45, 2.75) is 6.92 Å². The first-order valence-corrected chi connectivity index (χ1v) is 5.46. The highest BCUT2D eigenvalue weighted by Crippen LogP contribution is 2.27. The van der Waals surface area contributed by atoms with E-state index in [-0.39, 0.29) is 0 Å². The summed E-state index contributed by atoms with van der Waals surface area (Å²) in [5, 5.41) is 8.64. The fraction of sp³-hybridized carbons (Fsp3) is 0.100. The molecular formula is C10H11N5S. The van der Waals surface area contributed by atoms with Gasteiger partial charge in [0, 0.05) is 16.8 Å². The lowest BCUT2D eigenvalue weighted by Gasteiger charge is -1.98. The van der Waals surface area contributed by atoms with Crippen molar-refractivity contribution >= 4 is 33.5 Å². The second kappa shape index (κ2) is 4.28. The Morgan fingerprint density at radius 3 is 2.69 bits per heavy atom. The minimum Gasteiger partial charge on any atom is -0.399 e. The summed E-state index contributed by atoms with van der Waals surface area (Å²) in [5.41, 5.74) is 13.0. The summed E-state index contributed by atoms with van der Waals surface area (Å²) in [6, 6.07) is 5.12. The number of hydrogen-bond acceptors (Lipinski definition) is 6. The molecule has 5 nitrogen and oxygen atoms in total. The summed E-state index contributed by atoms with van der Waals surface area (Å²) >= 11 is 1.48. The van der Waals surface area contributed by atoms with E-state index in [1.165, 1.54) is 11.3 Å². The standard InChI is InChI=1S/C10H11N5S/c1-6-5-13-10(16-6)15-14-9-3-2-7(11)4-8(9)12/h2-5H,11-12H2,1H3. The number of aromatic nitrogens is 1. The van der Waals surface area contributed by atoms with Gasteiger partial charge in [0.2, 0.25) is 5.13 Å². The maximum atomic E-state index is 5.74. The summed E-state index contributed by atoms with van der Waals surface area (Å²) in [5.74, 6) is 0. The predicted octanol–water partition coefficient (Wildman–Crippen LogP) is 3.03. The lowest BCUT2D eigenvalue weighted by Crippen LogP contribution is -1.89. The molecule has 1 aromatic heterocycles. The fourth-order valence-corrected chi connectivity index (χ4v) is 1.73. The Kier molecular flexibility index (Phi) is 2.82. The van der Waals surface area contributed by atoms with Crippen molar-refractivity contribution in [1.82, 2.24) is 4.98 Å². The van der Waals surface area contributed by atoms with Gasteiger partial charge in [-0.3, -0.25) is 0 Å². The van der Waals surface area contributed by atoms with E-state index in [1.54, 1.807) is 24.4 Å². The highest BCUT2D eigenvalue weighted by molar-refractivity contribution is 7.15. The maximum absolute atomic E-state index is 5.74. The van der Waals surface area contributed by atoms with Gasteiger partial charge in [-0.2, -0.15) is 0 Å². The molecule has 0 aliphatic rings. The molecule has 2 aromatic rings. The van der Waals surface area contributed by atoms with Crippen molar-refractivity contribution in [3.05, 3.63) is 29.3 Å². The van der Waals surface area contributed by atoms with Gasteiger partial charge in [0.15, 0.2) is 0 Å². The van der Waals surface area contributed by atoms with Crippen LogP contribution in [-0.2, 0) is 0 Å². The van der Waals surface area contributed by atoms with Gasteiger partial charge in [-0.05, 0) is 25.1 Å². The van der Waals surface area contributed by atoms with Crippen molar-refractivity contribution in [2.75, 3.05) is 11.5 Å². The van der Waals surface area contributed by atoms with Crippen LogP contribution in [0, 0.1) is 6.92 Å². The fourth-order valence-electron chi connectivity index (χ4n) is 1.15. The molecule has 0 fully saturated rings. The molecule has 0 unspecified atom stereocenters. The number of nitrogen functional groups attached to an aromatic ring is 2. The van der Waals surface area contributed by atoms with Gasteiger partial charge < -0.3 is 11.5 Å². The van der Waals surface area contributed by atoms with Gasteiger partial charge in [-0.1, -0.05) is 11.3 Å². The molecule has 6 heteroatoms. The van der Waals surface area contributed by atoms with Gasteiger partial charge in [0.1, 0.15) is 5.69 Å². The zero-order valence-corrected chi connectivity index (χ0v) is 9.53. The number of aryl methyl sites for hydroxylation is 1. The SMILES string of the molecule is Cc1cnc(N=Nc2ccc(N)cc2N)s1. The van der Waals surface area contributed by atoms with Crippen LogP contribution in [0.15, 0.2) is 34.6 Å². The van der Waals surface area contributed by atoms with Crippen molar-refractivity contribution in [3.63, 3.8) is 0 Å². The number of anilines is 2. The minimum absolute atomic E-state index is 0.511. The largest absolute Gasteiger partial charge is 0.399 e. The van der Waals surface area contributed by atoms with E-state index < -0.39 is 0 Å². The van der Waals surface area contributed by atoms with Crippen LogP contribution in [0.2, 0.25) is 0 Å². The van der Waals surface area contributed by atoms with Gasteiger partial charge in [-0.15, -0.1) is 10.2 Å².